The zero-order valence-electron chi connectivity index (χ0n) is 13.4. The van der Waals surface area contributed by atoms with Crippen molar-refractivity contribution in [2.24, 2.45) is 0 Å². The van der Waals surface area contributed by atoms with Gasteiger partial charge < -0.3 is 15.0 Å². The van der Waals surface area contributed by atoms with Gasteiger partial charge in [-0.2, -0.15) is 0 Å². The summed E-state index contributed by atoms with van der Waals surface area (Å²) < 4.78 is 18.7. The SMILES string of the molecule is COc1cccc(C[NH+](C)CC(=O)NCc2ccccc2F)c1. The highest BCUT2D eigenvalue weighted by Gasteiger charge is 2.11. The lowest BCUT2D eigenvalue weighted by Crippen LogP contribution is -3.08. The highest BCUT2D eigenvalue weighted by atomic mass is 19.1. The largest absolute Gasteiger partial charge is 0.497 e. The third kappa shape index (κ3) is 5.38. The summed E-state index contributed by atoms with van der Waals surface area (Å²) in [5.41, 5.74) is 1.59. The van der Waals surface area contributed by atoms with E-state index in [4.69, 9.17) is 4.74 Å². The Bertz CT molecular complexity index is 661. The van der Waals surface area contributed by atoms with Crippen molar-refractivity contribution in [3.05, 3.63) is 65.5 Å². The van der Waals surface area contributed by atoms with Crippen LogP contribution in [0, 0.1) is 5.82 Å². The lowest BCUT2D eigenvalue weighted by Gasteiger charge is -2.14. The molecule has 2 rings (SSSR count). The van der Waals surface area contributed by atoms with E-state index in [0.29, 0.717) is 18.7 Å². The van der Waals surface area contributed by atoms with E-state index in [0.717, 1.165) is 16.2 Å². The van der Waals surface area contributed by atoms with Crippen LogP contribution in [0.3, 0.4) is 0 Å². The van der Waals surface area contributed by atoms with Crippen molar-refractivity contribution in [2.45, 2.75) is 13.1 Å². The minimum absolute atomic E-state index is 0.103. The number of rotatable bonds is 7. The Kier molecular flexibility index (Phi) is 6.11. The fourth-order valence-electron chi connectivity index (χ4n) is 2.37. The molecule has 0 spiro atoms. The lowest BCUT2D eigenvalue weighted by molar-refractivity contribution is -0.885. The third-order valence-electron chi connectivity index (χ3n) is 3.54. The second-order valence-corrected chi connectivity index (χ2v) is 5.53. The van der Waals surface area contributed by atoms with Gasteiger partial charge in [-0.25, -0.2) is 4.39 Å². The van der Waals surface area contributed by atoms with Gasteiger partial charge in [-0.15, -0.1) is 0 Å². The zero-order chi connectivity index (χ0) is 16.7. The summed E-state index contributed by atoms with van der Waals surface area (Å²) in [5, 5.41) is 2.75. The summed E-state index contributed by atoms with van der Waals surface area (Å²) in [6, 6.07) is 14.2. The van der Waals surface area contributed by atoms with Crippen LogP contribution in [0.4, 0.5) is 4.39 Å². The molecule has 0 fully saturated rings. The molecule has 0 saturated heterocycles. The Morgan fingerprint density at radius 1 is 1.22 bits per heavy atom. The third-order valence-corrected chi connectivity index (χ3v) is 3.54. The van der Waals surface area contributed by atoms with Crippen molar-refractivity contribution in [2.75, 3.05) is 20.7 Å². The summed E-state index contributed by atoms with van der Waals surface area (Å²) in [4.78, 5) is 13.0. The number of likely N-dealkylation sites (N-methyl/N-ethyl adjacent to an activating group) is 1. The summed E-state index contributed by atoms with van der Waals surface area (Å²) in [7, 11) is 3.58. The minimum atomic E-state index is -0.301. The van der Waals surface area contributed by atoms with E-state index in [2.05, 4.69) is 5.32 Å². The number of nitrogens with one attached hydrogen (secondary N) is 2. The van der Waals surface area contributed by atoms with Gasteiger partial charge in [0.15, 0.2) is 6.54 Å². The molecule has 1 unspecified atom stereocenters. The summed E-state index contributed by atoms with van der Waals surface area (Å²) in [5.74, 6) is 0.401. The second-order valence-electron chi connectivity index (χ2n) is 5.53. The molecule has 2 aromatic rings. The number of quaternary nitrogens is 1. The lowest BCUT2D eigenvalue weighted by atomic mass is 10.2. The first-order valence-corrected chi connectivity index (χ1v) is 7.53. The average molecular weight is 317 g/mol. The van der Waals surface area contributed by atoms with Crippen molar-refractivity contribution in [3.63, 3.8) is 0 Å². The van der Waals surface area contributed by atoms with E-state index < -0.39 is 0 Å². The standard InChI is InChI=1S/C18H21FN2O2/c1-21(12-14-6-5-8-16(10-14)23-2)13-18(22)20-11-15-7-3-4-9-17(15)19/h3-10H,11-13H2,1-2H3,(H,20,22)/p+1. The number of hydrogen-bond donors (Lipinski definition) is 2. The normalized spacial score (nSPS) is 11.8. The van der Waals surface area contributed by atoms with Crippen LogP contribution >= 0.6 is 0 Å². The predicted molar refractivity (Wildman–Crippen MR) is 86.7 cm³/mol. The van der Waals surface area contributed by atoms with Gasteiger partial charge in [0.2, 0.25) is 0 Å². The van der Waals surface area contributed by atoms with Crippen LogP contribution < -0.4 is 15.0 Å². The molecule has 2 N–H and O–H groups in total. The number of ether oxygens (including phenoxy) is 1. The molecule has 4 nitrogen and oxygen atoms in total. The molecule has 5 heteroatoms. The number of carbonyl (C=O) groups is 1. The molecule has 0 aliphatic rings. The van der Waals surface area contributed by atoms with Crippen molar-refractivity contribution < 1.29 is 18.8 Å². The number of carbonyl (C=O) groups excluding carboxylic acids is 1. The topological polar surface area (TPSA) is 42.8 Å². The molecule has 0 aromatic heterocycles. The maximum absolute atomic E-state index is 13.5. The van der Waals surface area contributed by atoms with Crippen LogP contribution in [0.1, 0.15) is 11.1 Å². The highest BCUT2D eigenvalue weighted by molar-refractivity contribution is 5.76. The first-order valence-electron chi connectivity index (χ1n) is 7.53. The molecule has 0 radical (unpaired) electrons. The molecule has 1 amide bonds. The Labute approximate surface area is 135 Å². The Balaban J connectivity index is 1.81. The average Bonchev–Trinajstić information content (AvgIpc) is 2.54. The minimum Gasteiger partial charge on any atom is -0.497 e. The summed E-state index contributed by atoms with van der Waals surface area (Å²) in [6.45, 7) is 1.24. The maximum Gasteiger partial charge on any atom is 0.275 e. The van der Waals surface area contributed by atoms with Crippen molar-refractivity contribution in [1.82, 2.24) is 5.32 Å². The van der Waals surface area contributed by atoms with Crippen LogP contribution in [0.15, 0.2) is 48.5 Å². The van der Waals surface area contributed by atoms with Gasteiger partial charge in [0.25, 0.3) is 5.91 Å². The van der Waals surface area contributed by atoms with Gasteiger partial charge in [0.1, 0.15) is 18.1 Å². The maximum atomic E-state index is 13.5. The number of benzene rings is 2. The van der Waals surface area contributed by atoms with Crippen LogP contribution in [-0.2, 0) is 17.9 Å². The second kappa shape index (κ2) is 8.29. The number of amides is 1. The van der Waals surface area contributed by atoms with Crippen molar-refractivity contribution in [3.8, 4) is 5.75 Å². The highest BCUT2D eigenvalue weighted by Crippen LogP contribution is 2.11. The fraction of sp³-hybridized carbons (Fsp3) is 0.278. The predicted octanol–water partition coefficient (Wildman–Crippen LogP) is 1.17. The van der Waals surface area contributed by atoms with Gasteiger partial charge in [0.05, 0.1) is 14.2 Å². The number of hydrogen-bond acceptors (Lipinski definition) is 2. The van der Waals surface area contributed by atoms with E-state index in [-0.39, 0.29) is 18.3 Å². The van der Waals surface area contributed by atoms with E-state index in [9.17, 15) is 9.18 Å². The molecular formula is C18H22FN2O2+. The molecule has 0 aliphatic heterocycles. The molecule has 1 atom stereocenters. The van der Waals surface area contributed by atoms with Crippen LogP contribution in [0.25, 0.3) is 0 Å². The molecule has 0 aliphatic carbocycles. The first-order chi connectivity index (χ1) is 11.1. The number of halogens is 1. The molecule has 0 heterocycles. The monoisotopic (exact) mass is 317 g/mol. The molecule has 0 bridgehead atoms. The van der Waals surface area contributed by atoms with E-state index >= 15 is 0 Å². The molecule has 23 heavy (non-hydrogen) atoms. The first kappa shape index (κ1) is 17.0. The van der Waals surface area contributed by atoms with Gasteiger partial charge >= 0.3 is 0 Å². The van der Waals surface area contributed by atoms with Gasteiger partial charge in [-0.05, 0) is 18.2 Å². The van der Waals surface area contributed by atoms with Crippen molar-refractivity contribution in [1.29, 1.82) is 0 Å². The van der Waals surface area contributed by atoms with Gasteiger partial charge in [-0.1, -0.05) is 30.3 Å². The van der Waals surface area contributed by atoms with Crippen LogP contribution in [-0.4, -0.2) is 26.6 Å². The zero-order valence-corrected chi connectivity index (χ0v) is 13.4. The summed E-state index contributed by atoms with van der Waals surface area (Å²) in [6.07, 6.45) is 0. The quantitative estimate of drug-likeness (QED) is 0.805. The van der Waals surface area contributed by atoms with Gasteiger partial charge in [0, 0.05) is 17.7 Å². The van der Waals surface area contributed by atoms with Crippen LogP contribution in [0.5, 0.6) is 5.75 Å². The van der Waals surface area contributed by atoms with Gasteiger partial charge in [-0.3, -0.25) is 4.79 Å². The molecule has 0 saturated carbocycles. The Morgan fingerprint density at radius 2 is 2.00 bits per heavy atom. The Hall–Kier alpha value is -2.40. The van der Waals surface area contributed by atoms with Crippen molar-refractivity contribution >= 4 is 5.91 Å². The molecule has 122 valence electrons. The molecule has 2 aromatic carbocycles. The summed E-state index contributed by atoms with van der Waals surface area (Å²) >= 11 is 0. The van der Waals surface area contributed by atoms with E-state index in [1.165, 1.54) is 6.07 Å². The smallest absolute Gasteiger partial charge is 0.275 e. The van der Waals surface area contributed by atoms with Crippen LogP contribution in [0.2, 0.25) is 0 Å². The Morgan fingerprint density at radius 3 is 2.74 bits per heavy atom. The van der Waals surface area contributed by atoms with E-state index in [1.54, 1.807) is 25.3 Å². The number of methoxy groups -OCH3 is 1. The molecular weight excluding hydrogens is 295 g/mol. The van der Waals surface area contributed by atoms with E-state index in [1.807, 2.05) is 31.3 Å². The fourth-order valence-corrected chi connectivity index (χ4v) is 2.37.